The van der Waals surface area contributed by atoms with Crippen molar-refractivity contribution < 1.29 is 8.42 Å². The van der Waals surface area contributed by atoms with Gasteiger partial charge in [-0.05, 0) is 25.2 Å². The maximum atomic E-state index is 12.1. The van der Waals surface area contributed by atoms with Crippen molar-refractivity contribution >= 4 is 10.0 Å². The molecule has 1 saturated heterocycles. The van der Waals surface area contributed by atoms with Crippen LogP contribution in [0.5, 0.6) is 0 Å². The molecule has 2 N–H and O–H groups in total. The third kappa shape index (κ3) is 4.03. The van der Waals surface area contributed by atoms with Crippen LogP contribution in [0, 0.1) is 5.92 Å². The van der Waals surface area contributed by atoms with Crippen LogP contribution in [0.15, 0.2) is 0 Å². The van der Waals surface area contributed by atoms with Crippen molar-refractivity contribution in [2.75, 3.05) is 12.3 Å². The Labute approximate surface area is 99.2 Å². The Hall–Kier alpha value is -0.130. The minimum atomic E-state index is -3.14. The van der Waals surface area contributed by atoms with Crippen molar-refractivity contribution in [1.29, 1.82) is 0 Å². The zero-order chi connectivity index (χ0) is 12.2. The molecule has 1 aliphatic rings. The zero-order valence-electron chi connectivity index (χ0n) is 10.4. The van der Waals surface area contributed by atoms with Gasteiger partial charge in [0.15, 0.2) is 0 Å². The lowest BCUT2D eigenvalue weighted by atomic mass is 10.2. The van der Waals surface area contributed by atoms with E-state index in [2.05, 4.69) is 0 Å². The fourth-order valence-corrected chi connectivity index (χ4v) is 3.88. The molecular formula is C11H24N2O2S. The predicted molar refractivity (Wildman–Crippen MR) is 66.4 cm³/mol. The Bertz CT molecular complexity index is 301. The van der Waals surface area contributed by atoms with E-state index in [0.29, 0.717) is 18.9 Å². The molecule has 5 heteroatoms. The highest BCUT2D eigenvalue weighted by Gasteiger charge is 2.28. The summed E-state index contributed by atoms with van der Waals surface area (Å²) in [6.07, 6.45) is 4.27. The molecule has 0 saturated carbocycles. The average molecular weight is 248 g/mol. The molecule has 1 fully saturated rings. The molecule has 1 heterocycles. The first kappa shape index (κ1) is 13.9. The van der Waals surface area contributed by atoms with Gasteiger partial charge in [0.05, 0.1) is 11.9 Å². The molecule has 1 atom stereocenters. The Morgan fingerprint density at radius 3 is 2.62 bits per heavy atom. The van der Waals surface area contributed by atoms with Gasteiger partial charge in [0.1, 0.15) is 0 Å². The number of hydrogen-bond donors (Lipinski definition) is 1. The summed E-state index contributed by atoms with van der Waals surface area (Å²) in [6.45, 7) is 4.68. The molecule has 0 aliphatic carbocycles. The molecule has 0 aromatic rings. The number of rotatable bonds is 4. The van der Waals surface area contributed by atoms with Gasteiger partial charge in [-0.2, -0.15) is 4.31 Å². The lowest BCUT2D eigenvalue weighted by molar-refractivity contribution is 0.328. The van der Waals surface area contributed by atoms with Gasteiger partial charge in [0.2, 0.25) is 10.0 Å². The first-order chi connectivity index (χ1) is 7.43. The Kier molecular flexibility index (Phi) is 5.21. The van der Waals surface area contributed by atoms with Crippen LogP contribution in [0.1, 0.15) is 46.0 Å². The van der Waals surface area contributed by atoms with E-state index in [9.17, 15) is 8.42 Å². The maximum absolute atomic E-state index is 12.1. The van der Waals surface area contributed by atoms with Gasteiger partial charge in [-0.25, -0.2) is 8.42 Å². The van der Waals surface area contributed by atoms with Gasteiger partial charge in [0, 0.05) is 6.54 Å². The van der Waals surface area contributed by atoms with Crippen molar-refractivity contribution in [3.05, 3.63) is 0 Å². The van der Waals surface area contributed by atoms with Gasteiger partial charge in [0.25, 0.3) is 0 Å². The van der Waals surface area contributed by atoms with Crippen LogP contribution < -0.4 is 5.73 Å². The minimum Gasteiger partial charge on any atom is -0.315 e. The molecule has 1 rings (SSSR count). The molecular weight excluding hydrogens is 224 g/mol. The highest BCUT2D eigenvalue weighted by Crippen LogP contribution is 2.18. The number of sulfonamides is 1. The molecule has 96 valence electrons. The van der Waals surface area contributed by atoms with E-state index in [1.54, 1.807) is 0 Å². The topological polar surface area (TPSA) is 63.4 Å². The van der Waals surface area contributed by atoms with E-state index < -0.39 is 10.0 Å². The fraction of sp³-hybridized carbons (Fsp3) is 1.00. The molecule has 0 spiro atoms. The van der Waals surface area contributed by atoms with Crippen LogP contribution in [0.2, 0.25) is 0 Å². The molecule has 16 heavy (non-hydrogen) atoms. The second kappa shape index (κ2) is 5.98. The van der Waals surface area contributed by atoms with E-state index in [4.69, 9.17) is 5.73 Å². The Balaban J connectivity index is 2.64. The van der Waals surface area contributed by atoms with Crippen molar-refractivity contribution in [2.24, 2.45) is 11.7 Å². The molecule has 0 aromatic heterocycles. The molecule has 4 nitrogen and oxygen atoms in total. The SMILES string of the molecule is CC(C)CCS(=O)(=O)N1CCCCCC1N. The second-order valence-corrected chi connectivity index (χ2v) is 7.07. The predicted octanol–water partition coefficient (Wildman–Crippen LogP) is 1.52. The van der Waals surface area contributed by atoms with Gasteiger partial charge >= 0.3 is 0 Å². The van der Waals surface area contributed by atoms with E-state index >= 15 is 0 Å². The van der Waals surface area contributed by atoms with Crippen LogP contribution in [0.25, 0.3) is 0 Å². The quantitative estimate of drug-likeness (QED) is 0.820. The summed E-state index contributed by atoms with van der Waals surface area (Å²) in [4.78, 5) is 0. The second-order valence-electron chi connectivity index (χ2n) is 5.03. The van der Waals surface area contributed by atoms with Crippen LogP contribution in [0.4, 0.5) is 0 Å². The van der Waals surface area contributed by atoms with Gasteiger partial charge in [-0.15, -0.1) is 0 Å². The Morgan fingerprint density at radius 2 is 2.00 bits per heavy atom. The molecule has 1 unspecified atom stereocenters. The highest BCUT2D eigenvalue weighted by atomic mass is 32.2. The molecule has 0 bridgehead atoms. The number of nitrogens with two attached hydrogens (primary N) is 1. The third-order valence-electron chi connectivity index (χ3n) is 3.06. The summed E-state index contributed by atoms with van der Waals surface area (Å²) in [7, 11) is -3.14. The average Bonchev–Trinajstić information content (AvgIpc) is 2.40. The van der Waals surface area contributed by atoms with Crippen LogP contribution in [-0.4, -0.2) is 31.2 Å². The lowest BCUT2D eigenvalue weighted by Gasteiger charge is -2.26. The van der Waals surface area contributed by atoms with E-state index in [1.807, 2.05) is 13.8 Å². The largest absolute Gasteiger partial charge is 0.315 e. The number of hydrogen-bond acceptors (Lipinski definition) is 3. The highest BCUT2D eigenvalue weighted by molar-refractivity contribution is 7.89. The summed E-state index contributed by atoms with van der Waals surface area (Å²) in [5.74, 6) is 0.649. The van der Waals surface area contributed by atoms with Crippen molar-refractivity contribution in [2.45, 2.75) is 52.1 Å². The van der Waals surface area contributed by atoms with Gasteiger partial charge in [-0.1, -0.05) is 26.7 Å². The first-order valence-corrected chi connectivity index (χ1v) is 7.79. The fourth-order valence-electron chi connectivity index (χ4n) is 1.95. The number of nitrogens with zero attached hydrogens (tertiary/aromatic N) is 1. The van der Waals surface area contributed by atoms with Crippen LogP contribution in [0.3, 0.4) is 0 Å². The molecule has 0 amide bonds. The van der Waals surface area contributed by atoms with Gasteiger partial charge in [-0.3, -0.25) is 0 Å². The van der Waals surface area contributed by atoms with Crippen molar-refractivity contribution in [1.82, 2.24) is 4.31 Å². The maximum Gasteiger partial charge on any atom is 0.215 e. The monoisotopic (exact) mass is 248 g/mol. The smallest absolute Gasteiger partial charge is 0.215 e. The summed E-state index contributed by atoms with van der Waals surface area (Å²) < 4.78 is 25.7. The molecule has 1 aliphatic heterocycles. The zero-order valence-corrected chi connectivity index (χ0v) is 11.2. The summed E-state index contributed by atoms with van der Waals surface area (Å²) in [5.41, 5.74) is 5.92. The van der Waals surface area contributed by atoms with E-state index in [1.165, 1.54) is 4.31 Å². The minimum absolute atomic E-state index is 0.234. The Morgan fingerprint density at radius 1 is 1.31 bits per heavy atom. The van der Waals surface area contributed by atoms with Crippen LogP contribution in [-0.2, 0) is 10.0 Å². The lowest BCUT2D eigenvalue weighted by Crippen LogP contribution is -2.46. The van der Waals surface area contributed by atoms with Crippen molar-refractivity contribution in [3.63, 3.8) is 0 Å². The first-order valence-electron chi connectivity index (χ1n) is 6.18. The van der Waals surface area contributed by atoms with Crippen molar-refractivity contribution in [3.8, 4) is 0 Å². The molecule has 0 aromatic carbocycles. The summed E-state index contributed by atoms with van der Waals surface area (Å²) in [5, 5.41) is 0. The van der Waals surface area contributed by atoms with Gasteiger partial charge < -0.3 is 5.73 Å². The summed E-state index contributed by atoms with van der Waals surface area (Å²) >= 11 is 0. The normalized spacial score (nSPS) is 24.6. The van der Waals surface area contributed by atoms with E-state index in [0.717, 1.165) is 25.7 Å². The standard InChI is InChI=1S/C11H24N2O2S/c1-10(2)7-9-16(14,15)13-8-5-3-4-6-11(13)12/h10-11H,3-9,12H2,1-2H3. The molecule has 0 radical (unpaired) electrons. The summed E-state index contributed by atoms with van der Waals surface area (Å²) in [6, 6.07) is 0. The third-order valence-corrected chi connectivity index (χ3v) is 4.98. The van der Waals surface area contributed by atoms with E-state index in [-0.39, 0.29) is 11.9 Å². The van der Waals surface area contributed by atoms with Crippen LogP contribution >= 0.6 is 0 Å².